The molecule has 104 valence electrons. The standard InChI is InChI=1S/C12H27O3PS/c1-4-7-10-13-16(17,14-11-8-5-2)15-12-9-6-3/h4-12H2,1-3H3. The first-order valence-electron chi connectivity index (χ1n) is 6.72. The fourth-order valence-corrected chi connectivity index (χ4v) is 3.03. The maximum Gasteiger partial charge on any atom is 0.327 e. The van der Waals surface area contributed by atoms with Crippen molar-refractivity contribution in [3.8, 4) is 0 Å². The highest BCUT2D eigenvalue weighted by Crippen LogP contribution is 2.50. The summed E-state index contributed by atoms with van der Waals surface area (Å²) in [6, 6.07) is 0. The van der Waals surface area contributed by atoms with Crippen LogP contribution in [-0.4, -0.2) is 19.8 Å². The number of rotatable bonds is 12. The summed E-state index contributed by atoms with van der Waals surface area (Å²) >= 11 is 5.39. The third-order valence-electron chi connectivity index (χ3n) is 2.24. The maximum atomic E-state index is 5.64. The van der Waals surface area contributed by atoms with Crippen molar-refractivity contribution in [1.29, 1.82) is 0 Å². The molecule has 0 spiro atoms. The van der Waals surface area contributed by atoms with E-state index in [-0.39, 0.29) is 0 Å². The Balaban J connectivity index is 4.00. The summed E-state index contributed by atoms with van der Waals surface area (Å²) in [5, 5.41) is 0. The molecule has 3 nitrogen and oxygen atoms in total. The van der Waals surface area contributed by atoms with E-state index in [0.717, 1.165) is 38.5 Å². The van der Waals surface area contributed by atoms with Gasteiger partial charge in [-0.25, -0.2) is 0 Å². The van der Waals surface area contributed by atoms with Crippen LogP contribution in [0.15, 0.2) is 0 Å². The Morgan fingerprint density at radius 3 is 1.24 bits per heavy atom. The van der Waals surface area contributed by atoms with E-state index in [1.807, 2.05) is 0 Å². The lowest BCUT2D eigenvalue weighted by molar-refractivity contribution is 0.152. The van der Waals surface area contributed by atoms with E-state index in [9.17, 15) is 0 Å². The van der Waals surface area contributed by atoms with Gasteiger partial charge in [-0.05, 0) is 31.1 Å². The van der Waals surface area contributed by atoms with E-state index < -0.39 is 6.72 Å². The smallest absolute Gasteiger partial charge is 0.309 e. The third kappa shape index (κ3) is 10.2. The van der Waals surface area contributed by atoms with E-state index in [2.05, 4.69) is 20.8 Å². The van der Waals surface area contributed by atoms with Crippen molar-refractivity contribution in [2.45, 2.75) is 59.3 Å². The highest BCUT2D eigenvalue weighted by Gasteiger charge is 2.19. The molecule has 0 bridgehead atoms. The van der Waals surface area contributed by atoms with Gasteiger partial charge in [0.25, 0.3) is 0 Å². The zero-order valence-electron chi connectivity index (χ0n) is 11.4. The zero-order chi connectivity index (χ0) is 13.0. The van der Waals surface area contributed by atoms with Gasteiger partial charge in [0.1, 0.15) is 0 Å². The number of hydrogen-bond donors (Lipinski definition) is 0. The predicted octanol–water partition coefficient (Wildman–Crippen LogP) is 4.66. The molecule has 0 aliphatic heterocycles. The lowest BCUT2D eigenvalue weighted by atomic mass is 10.4. The largest absolute Gasteiger partial charge is 0.327 e. The van der Waals surface area contributed by atoms with Crippen LogP contribution in [0.4, 0.5) is 0 Å². The summed E-state index contributed by atoms with van der Waals surface area (Å²) in [6.07, 6.45) is 6.31. The van der Waals surface area contributed by atoms with Crippen molar-refractivity contribution in [3.63, 3.8) is 0 Å². The van der Waals surface area contributed by atoms with Crippen LogP contribution in [-0.2, 0) is 25.4 Å². The molecule has 0 aromatic heterocycles. The third-order valence-corrected chi connectivity index (χ3v) is 4.69. The molecule has 0 aliphatic rings. The SMILES string of the molecule is CCCCOP(=S)(OCCCC)OCCCC. The molecule has 0 amide bonds. The average molecular weight is 282 g/mol. The summed E-state index contributed by atoms with van der Waals surface area (Å²) in [4.78, 5) is 0. The van der Waals surface area contributed by atoms with Crippen LogP contribution in [0.3, 0.4) is 0 Å². The minimum atomic E-state index is -2.48. The molecule has 0 unspecified atom stereocenters. The molecule has 0 N–H and O–H groups in total. The lowest BCUT2D eigenvalue weighted by Crippen LogP contribution is -2.03. The molecule has 0 aliphatic carbocycles. The molecule has 0 atom stereocenters. The van der Waals surface area contributed by atoms with Gasteiger partial charge >= 0.3 is 6.72 Å². The molecule has 17 heavy (non-hydrogen) atoms. The van der Waals surface area contributed by atoms with Gasteiger partial charge in [-0.3, -0.25) is 0 Å². The van der Waals surface area contributed by atoms with Crippen molar-refractivity contribution in [3.05, 3.63) is 0 Å². The van der Waals surface area contributed by atoms with Crippen LogP contribution in [0.2, 0.25) is 0 Å². The zero-order valence-corrected chi connectivity index (χ0v) is 13.2. The van der Waals surface area contributed by atoms with Crippen LogP contribution >= 0.6 is 6.72 Å². The predicted molar refractivity (Wildman–Crippen MR) is 76.9 cm³/mol. The molecule has 0 radical (unpaired) electrons. The van der Waals surface area contributed by atoms with Crippen molar-refractivity contribution in [2.75, 3.05) is 19.8 Å². The Hall–Kier alpha value is 0.530. The molecule has 0 saturated carbocycles. The fraction of sp³-hybridized carbons (Fsp3) is 1.00. The van der Waals surface area contributed by atoms with E-state index in [0.29, 0.717) is 19.8 Å². The Kier molecular flexibility index (Phi) is 12.0. The van der Waals surface area contributed by atoms with Gasteiger partial charge in [-0.2, -0.15) is 0 Å². The molecule has 0 aromatic carbocycles. The van der Waals surface area contributed by atoms with Crippen LogP contribution < -0.4 is 0 Å². The van der Waals surface area contributed by atoms with Crippen LogP contribution in [0.5, 0.6) is 0 Å². The molecule has 0 saturated heterocycles. The van der Waals surface area contributed by atoms with Gasteiger partial charge in [0.2, 0.25) is 0 Å². The molecule has 0 fully saturated rings. The van der Waals surface area contributed by atoms with E-state index >= 15 is 0 Å². The Bertz CT molecular complexity index is 179. The molecular formula is C12H27O3PS. The van der Waals surface area contributed by atoms with Gasteiger partial charge in [-0.15, -0.1) is 0 Å². The van der Waals surface area contributed by atoms with Gasteiger partial charge in [0.15, 0.2) is 0 Å². The first kappa shape index (κ1) is 17.5. The minimum Gasteiger partial charge on any atom is -0.309 e. The molecule has 0 heterocycles. The summed E-state index contributed by atoms with van der Waals surface area (Å²) < 4.78 is 16.9. The Morgan fingerprint density at radius 1 is 0.706 bits per heavy atom. The Labute approximate surface area is 111 Å². The van der Waals surface area contributed by atoms with Gasteiger partial charge in [0.05, 0.1) is 19.8 Å². The van der Waals surface area contributed by atoms with Gasteiger partial charge in [0, 0.05) is 0 Å². The first-order chi connectivity index (χ1) is 8.18. The highest BCUT2D eigenvalue weighted by atomic mass is 32.5. The average Bonchev–Trinajstić information content (AvgIpc) is 2.30. The second-order valence-electron chi connectivity index (χ2n) is 4.01. The number of unbranched alkanes of at least 4 members (excludes halogenated alkanes) is 3. The second kappa shape index (κ2) is 11.6. The summed E-state index contributed by atoms with van der Waals surface area (Å²) in [6.45, 7) is 5.84. The van der Waals surface area contributed by atoms with E-state index in [1.165, 1.54) is 0 Å². The topological polar surface area (TPSA) is 27.7 Å². The Morgan fingerprint density at radius 2 is 1.00 bits per heavy atom. The summed E-state index contributed by atoms with van der Waals surface area (Å²) in [7, 11) is 0. The van der Waals surface area contributed by atoms with Crippen molar-refractivity contribution < 1.29 is 13.6 Å². The molecule has 0 rings (SSSR count). The quantitative estimate of drug-likeness (QED) is 0.384. The lowest BCUT2D eigenvalue weighted by Gasteiger charge is -2.21. The van der Waals surface area contributed by atoms with E-state index in [1.54, 1.807) is 0 Å². The van der Waals surface area contributed by atoms with Gasteiger partial charge in [-0.1, -0.05) is 40.0 Å². The van der Waals surface area contributed by atoms with Crippen LogP contribution in [0, 0.1) is 0 Å². The second-order valence-corrected chi connectivity index (χ2v) is 7.02. The normalized spacial score (nSPS) is 11.9. The maximum absolute atomic E-state index is 5.64. The molecule has 0 aromatic rings. The molecular weight excluding hydrogens is 255 g/mol. The monoisotopic (exact) mass is 282 g/mol. The van der Waals surface area contributed by atoms with Crippen LogP contribution in [0.1, 0.15) is 59.3 Å². The molecule has 5 heteroatoms. The van der Waals surface area contributed by atoms with E-state index in [4.69, 9.17) is 25.4 Å². The van der Waals surface area contributed by atoms with Crippen LogP contribution in [0.25, 0.3) is 0 Å². The fourth-order valence-electron chi connectivity index (χ4n) is 1.07. The minimum absolute atomic E-state index is 0.645. The summed E-state index contributed by atoms with van der Waals surface area (Å²) in [5.41, 5.74) is 0. The number of hydrogen-bond acceptors (Lipinski definition) is 4. The first-order valence-corrected chi connectivity index (χ1v) is 9.27. The van der Waals surface area contributed by atoms with Crippen molar-refractivity contribution in [1.82, 2.24) is 0 Å². The summed E-state index contributed by atoms with van der Waals surface area (Å²) in [5.74, 6) is 0. The van der Waals surface area contributed by atoms with Gasteiger partial charge < -0.3 is 13.6 Å². The van der Waals surface area contributed by atoms with Crippen molar-refractivity contribution >= 4 is 18.5 Å². The van der Waals surface area contributed by atoms with Crippen molar-refractivity contribution in [2.24, 2.45) is 0 Å². The highest BCUT2D eigenvalue weighted by molar-refractivity contribution is 8.07.